The molecular formula is C28H34BNO2. The lowest BCUT2D eigenvalue weighted by Crippen LogP contribution is -2.50. The van der Waals surface area contributed by atoms with Crippen molar-refractivity contribution in [1.29, 1.82) is 0 Å². The number of aromatic nitrogens is 1. The Kier molecular flexibility index (Phi) is 3.88. The highest BCUT2D eigenvalue weighted by Gasteiger charge is 2.58. The number of fused-ring (bicyclic) bond motifs is 8. The first kappa shape index (κ1) is 19.8. The molecule has 3 nitrogen and oxygen atoms in total. The smallest absolute Gasteiger partial charge is 0.399 e. The maximum atomic E-state index is 6.41. The first-order chi connectivity index (χ1) is 15.3. The average molecular weight is 427 g/mol. The number of nitrogens with zero attached hydrogens (tertiary/aromatic N) is 1. The van der Waals surface area contributed by atoms with Crippen molar-refractivity contribution in [2.24, 2.45) is 23.7 Å². The summed E-state index contributed by atoms with van der Waals surface area (Å²) in [6, 6.07) is 9.34. The zero-order valence-electron chi connectivity index (χ0n) is 19.9. The van der Waals surface area contributed by atoms with E-state index in [0.717, 1.165) is 29.1 Å². The molecule has 166 valence electrons. The number of hydrogen-bond donors (Lipinski definition) is 0. The zero-order chi connectivity index (χ0) is 21.9. The summed E-state index contributed by atoms with van der Waals surface area (Å²) in [4.78, 5) is 4.65. The normalized spacial score (nSPS) is 37.6. The lowest BCUT2D eigenvalue weighted by molar-refractivity contribution is -0.0104. The topological polar surface area (TPSA) is 31.4 Å². The minimum absolute atomic E-state index is 0.160. The molecule has 5 atom stereocenters. The molecule has 5 unspecified atom stereocenters. The minimum Gasteiger partial charge on any atom is -0.399 e. The van der Waals surface area contributed by atoms with Crippen molar-refractivity contribution in [3.05, 3.63) is 47.8 Å². The van der Waals surface area contributed by atoms with Gasteiger partial charge >= 0.3 is 7.12 Å². The van der Waals surface area contributed by atoms with E-state index in [1.54, 1.807) is 5.56 Å². The third-order valence-corrected chi connectivity index (χ3v) is 10.4. The molecule has 5 aliphatic rings. The van der Waals surface area contributed by atoms with Crippen LogP contribution in [0.3, 0.4) is 0 Å². The first-order valence-corrected chi connectivity index (χ1v) is 12.7. The zero-order valence-corrected chi connectivity index (χ0v) is 19.9. The summed E-state index contributed by atoms with van der Waals surface area (Å²) in [6.07, 6.45) is 12.7. The largest absolute Gasteiger partial charge is 0.494 e. The van der Waals surface area contributed by atoms with E-state index in [1.807, 2.05) is 6.20 Å². The Morgan fingerprint density at radius 2 is 1.69 bits per heavy atom. The molecule has 1 spiro atoms. The van der Waals surface area contributed by atoms with Gasteiger partial charge in [-0.05, 0) is 117 Å². The van der Waals surface area contributed by atoms with Gasteiger partial charge in [0.15, 0.2) is 0 Å². The summed E-state index contributed by atoms with van der Waals surface area (Å²) in [7, 11) is -0.312. The van der Waals surface area contributed by atoms with E-state index >= 15 is 0 Å². The molecule has 4 fully saturated rings. The van der Waals surface area contributed by atoms with Crippen LogP contribution in [-0.2, 0) is 14.7 Å². The number of hydrogen-bond acceptors (Lipinski definition) is 3. The number of rotatable bonds is 1. The van der Waals surface area contributed by atoms with E-state index in [9.17, 15) is 0 Å². The predicted molar refractivity (Wildman–Crippen MR) is 128 cm³/mol. The minimum atomic E-state index is -0.320. The number of benzene rings is 1. The van der Waals surface area contributed by atoms with Gasteiger partial charge in [-0.25, -0.2) is 0 Å². The van der Waals surface area contributed by atoms with Gasteiger partial charge in [-0.2, -0.15) is 0 Å². The molecule has 3 saturated carbocycles. The highest BCUT2D eigenvalue weighted by molar-refractivity contribution is 6.62. The fourth-order valence-corrected chi connectivity index (χ4v) is 8.13. The van der Waals surface area contributed by atoms with Crippen molar-refractivity contribution in [2.45, 2.75) is 82.8 Å². The SMILES string of the molecule is CC1(C)OB(c2ccc3c(c2)-c2ccncc2C32CC3CCC4CC3CC2C4)OC1(C)C. The van der Waals surface area contributed by atoms with Gasteiger partial charge in [-0.1, -0.05) is 24.6 Å². The van der Waals surface area contributed by atoms with Gasteiger partial charge < -0.3 is 9.31 Å². The van der Waals surface area contributed by atoms with Crippen LogP contribution in [0.4, 0.5) is 0 Å². The molecule has 1 saturated heterocycles. The molecule has 2 heterocycles. The van der Waals surface area contributed by atoms with Gasteiger partial charge in [-0.3, -0.25) is 4.98 Å². The van der Waals surface area contributed by atoms with Crippen molar-refractivity contribution in [3.8, 4) is 11.1 Å². The summed E-state index contributed by atoms with van der Waals surface area (Å²) in [6.45, 7) is 8.53. The van der Waals surface area contributed by atoms with Crippen LogP contribution in [0.15, 0.2) is 36.7 Å². The van der Waals surface area contributed by atoms with Crippen molar-refractivity contribution in [2.75, 3.05) is 0 Å². The van der Waals surface area contributed by atoms with Gasteiger partial charge in [0.05, 0.1) is 11.2 Å². The first-order valence-electron chi connectivity index (χ1n) is 12.7. The lowest BCUT2D eigenvalue weighted by Gasteiger charge is -2.57. The molecule has 0 amide bonds. The Labute approximate surface area is 192 Å². The summed E-state index contributed by atoms with van der Waals surface area (Å²) in [5, 5.41) is 0. The summed E-state index contributed by atoms with van der Waals surface area (Å²) >= 11 is 0. The summed E-state index contributed by atoms with van der Waals surface area (Å²) in [5.74, 6) is 3.55. The maximum Gasteiger partial charge on any atom is 0.494 e. The van der Waals surface area contributed by atoms with E-state index in [4.69, 9.17) is 9.31 Å². The fraction of sp³-hybridized carbons (Fsp3) is 0.607. The van der Waals surface area contributed by atoms with Crippen LogP contribution in [-0.4, -0.2) is 23.3 Å². The van der Waals surface area contributed by atoms with Gasteiger partial charge in [-0.15, -0.1) is 0 Å². The molecule has 0 N–H and O–H groups in total. The van der Waals surface area contributed by atoms with E-state index < -0.39 is 0 Å². The molecule has 1 aromatic carbocycles. The van der Waals surface area contributed by atoms with Crippen molar-refractivity contribution < 1.29 is 9.31 Å². The molecule has 4 aliphatic carbocycles. The van der Waals surface area contributed by atoms with E-state index in [2.05, 4.69) is 63.1 Å². The molecule has 3 bridgehead atoms. The standard InChI is InChI=1S/C28H34BNO2/c1-26(2)27(3,4)32-29(31-26)21-7-8-24-23(14-21)22-9-10-30-16-25(22)28(24)15-18-6-5-17-11-19(18)13-20(28)12-17/h7-10,14,16-20H,5-6,11-13,15H2,1-4H3. The van der Waals surface area contributed by atoms with Crippen LogP contribution < -0.4 is 5.46 Å². The monoisotopic (exact) mass is 427 g/mol. The van der Waals surface area contributed by atoms with Crippen LogP contribution in [0.2, 0.25) is 0 Å². The Bertz CT molecular complexity index is 1090. The van der Waals surface area contributed by atoms with E-state index in [1.165, 1.54) is 55.2 Å². The van der Waals surface area contributed by atoms with Crippen LogP contribution in [0.5, 0.6) is 0 Å². The Morgan fingerprint density at radius 1 is 0.875 bits per heavy atom. The molecule has 1 aromatic heterocycles. The van der Waals surface area contributed by atoms with Crippen molar-refractivity contribution >= 4 is 12.6 Å². The number of pyridine rings is 1. The second-order valence-electron chi connectivity index (χ2n) is 12.4. The van der Waals surface area contributed by atoms with Gasteiger partial charge in [0.25, 0.3) is 0 Å². The van der Waals surface area contributed by atoms with Gasteiger partial charge in [0.2, 0.25) is 0 Å². The maximum absolute atomic E-state index is 6.41. The molecule has 1 aliphatic heterocycles. The van der Waals surface area contributed by atoms with Crippen molar-refractivity contribution in [1.82, 2.24) is 4.98 Å². The van der Waals surface area contributed by atoms with Crippen LogP contribution >= 0.6 is 0 Å². The summed E-state index contributed by atoms with van der Waals surface area (Å²) < 4.78 is 12.8. The van der Waals surface area contributed by atoms with Crippen LogP contribution in [0, 0.1) is 23.7 Å². The van der Waals surface area contributed by atoms with Gasteiger partial charge in [0, 0.05) is 17.8 Å². The van der Waals surface area contributed by atoms with E-state index in [-0.39, 0.29) is 23.7 Å². The second kappa shape index (κ2) is 6.27. The Morgan fingerprint density at radius 3 is 2.50 bits per heavy atom. The average Bonchev–Trinajstić information content (AvgIpc) is 3.16. The highest BCUT2D eigenvalue weighted by Crippen LogP contribution is 2.66. The molecule has 2 aromatic rings. The van der Waals surface area contributed by atoms with Crippen LogP contribution in [0.1, 0.15) is 77.3 Å². The molecule has 32 heavy (non-hydrogen) atoms. The van der Waals surface area contributed by atoms with Crippen molar-refractivity contribution in [3.63, 3.8) is 0 Å². The summed E-state index contributed by atoms with van der Waals surface area (Å²) in [5.41, 5.74) is 6.50. The molecule has 7 rings (SSSR count). The van der Waals surface area contributed by atoms with E-state index in [0.29, 0.717) is 0 Å². The Balaban J connectivity index is 1.36. The van der Waals surface area contributed by atoms with Crippen LogP contribution in [0.25, 0.3) is 11.1 Å². The fourth-order valence-electron chi connectivity index (χ4n) is 8.13. The molecular weight excluding hydrogens is 393 g/mol. The third kappa shape index (κ3) is 2.43. The second-order valence-corrected chi connectivity index (χ2v) is 12.4. The highest BCUT2D eigenvalue weighted by atomic mass is 16.7. The quantitative estimate of drug-likeness (QED) is 0.564. The predicted octanol–water partition coefficient (Wildman–Crippen LogP) is 5.49. The third-order valence-electron chi connectivity index (χ3n) is 10.4. The Hall–Kier alpha value is -1.65. The molecule has 4 heteroatoms. The lowest BCUT2D eigenvalue weighted by atomic mass is 9.47. The van der Waals surface area contributed by atoms with Gasteiger partial charge in [0.1, 0.15) is 0 Å². The molecule has 0 radical (unpaired) electrons.